The smallest absolute Gasteiger partial charge is 0.132 e. The van der Waals surface area contributed by atoms with E-state index in [2.05, 4.69) is 0 Å². The Labute approximate surface area is 48.5 Å². The van der Waals surface area contributed by atoms with Crippen LogP contribution in [0.5, 0.6) is 0 Å². The van der Waals surface area contributed by atoms with Crippen LogP contribution in [0.15, 0.2) is 0 Å². The third kappa shape index (κ3) is 2.68. The van der Waals surface area contributed by atoms with E-state index < -0.39 is 0 Å². The fraction of sp³-hybridized carbons (Fsp3) is 0.800. The summed E-state index contributed by atoms with van der Waals surface area (Å²) in [4.78, 5) is 9.95. The highest BCUT2D eigenvalue weighted by Gasteiger charge is 1.97. The molecule has 0 radical (unpaired) electrons. The number of carbonyl (C=O) groups is 1. The van der Waals surface area contributed by atoms with Gasteiger partial charge in [-0.2, -0.15) is 11.8 Å². The number of hydrogen-bond acceptors (Lipinski definition) is 2. The van der Waals surface area contributed by atoms with Crippen molar-refractivity contribution in [2.45, 2.75) is 18.6 Å². The highest BCUT2D eigenvalue weighted by molar-refractivity contribution is 7.99. The fourth-order valence-electron chi connectivity index (χ4n) is 0.318. The van der Waals surface area contributed by atoms with Crippen molar-refractivity contribution in [1.82, 2.24) is 0 Å². The molecule has 0 fully saturated rings. The molecule has 1 atom stereocenters. The van der Waals surface area contributed by atoms with Crippen LogP contribution in [-0.4, -0.2) is 17.8 Å². The highest BCUT2D eigenvalue weighted by Crippen LogP contribution is 2.05. The molecule has 0 rings (SSSR count). The Bertz CT molecular complexity index is 50.0. The van der Waals surface area contributed by atoms with Crippen molar-refractivity contribution in [2.75, 3.05) is 6.26 Å². The Kier molecular flexibility index (Phi) is 4.20. The van der Waals surface area contributed by atoms with E-state index >= 15 is 0 Å². The summed E-state index contributed by atoms with van der Waals surface area (Å²) in [6, 6.07) is 0. The first-order valence-corrected chi connectivity index (χ1v) is 3.62. The minimum atomic E-state index is 0.222. The van der Waals surface area contributed by atoms with Gasteiger partial charge < -0.3 is 4.79 Å². The zero-order valence-corrected chi connectivity index (χ0v) is 5.49. The Morgan fingerprint density at radius 1 is 1.86 bits per heavy atom. The van der Waals surface area contributed by atoms with E-state index in [0.717, 1.165) is 12.7 Å². The largest absolute Gasteiger partial charge is 0.302 e. The molecule has 7 heavy (non-hydrogen) atoms. The van der Waals surface area contributed by atoms with Crippen molar-refractivity contribution in [3.05, 3.63) is 0 Å². The minimum Gasteiger partial charge on any atom is -0.302 e. The lowest BCUT2D eigenvalue weighted by molar-refractivity contribution is -0.107. The Morgan fingerprint density at radius 3 is 2.43 bits per heavy atom. The zero-order valence-electron chi connectivity index (χ0n) is 4.68. The van der Waals surface area contributed by atoms with Gasteiger partial charge in [-0.25, -0.2) is 0 Å². The summed E-state index contributed by atoms with van der Waals surface area (Å²) in [6.45, 7) is 2.01. The molecule has 1 nitrogen and oxygen atoms in total. The molecule has 0 aromatic rings. The topological polar surface area (TPSA) is 17.1 Å². The van der Waals surface area contributed by atoms with Crippen molar-refractivity contribution in [1.29, 1.82) is 0 Å². The van der Waals surface area contributed by atoms with Crippen molar-refractivity contribution >= 4 is 18.0 Å². The molecular weight excluding hydrogens is 108 g/mol. The van der Waals surface area contributed by atoms with E-state index in [1.807, 2.05) is 13.2 Å². The molecule has 0 aliphatic heterocycles. The average molecular weight is 118 g/mol. The molecule has 0 aromatic carbocycles. The van der Waals surface area contributed by atoms with E-state index in [0.29, 0.717) is 0 Å². The Balaban J connectivity index is 3.16. The van der Waals surface area contributed by atoms with Crippen LogP contribution in [0.1, 0.15) is 13.3 Å². The van der Waals surface area contributed by atoms with Crippen LogP contribution in [-0.2, 0) is 4.79 Å². The number of hydrogen-bond donors (Lipinski definition) is 0. The van der Waals surface area contributed by atoms with E-state index in [1.54, 1.807) is 11.8 Å². The molecule has 2 heteroatoms. The van der Waals surface area contributed by atoms with Gasteiger partial charge in [-0.15, -0.1) is 0 Å². The van der Waals surface area contributed by atoms with Gasteiger partial charge in [0.05, 0.1) is 5.25 Å². The maximum atomic E-state index is 9.95. The normalized spacial score (nSPS) is 13.4. The monoisotopic (exact) mass is 118 g/mol. The van der Waals surface area contributed by atoms with Crippen molar-refractivity contribution in [2.24, 2.45) is 0 Å². The van der Waals surface area contributed by atoms with Crippen molar-refractivity contribution in [3.63, 3.8) is 0 Å². The summed E-state index contributed by atoms with van der Waals surface area (Å²) in [5.41, 5.74) is 0. The molecule has 1 unspecified atom stereocenters. The zero-order chi connectivity index (χ0) is 5.70. The lowest BCUT2D eigenvalue weighted by Gasteiger charge is -1.97. The molecule has 0 N–H and O–H groups in total. The van der Waals surface area contributed by atoms with Crippen molar-refractivity contribution in [3.8, 4) is 0 Å². The molecule has 0 heterocycles. The number of rotatable bonds is 3. The van der Waals surface area contributed by atoms with Crippen molar-refractivity contribution < 1.29 is 4.79 Å². The first-order valence-electron chi connectivity index (χ1n) is 2.33. The summed E-state index contributed by atoms with van der Waals surface area (Å²) in [7, 11) is 0. The predicted molar refractivity (Wildman–Crippen MR) is 33.7 cm³/mol. The molecule has 0 amide bonds. The second-order valence-corrected chi connectivity index (χ2v) is 2.40. The van der Waals surface area contributed by atoms with Gasteiger partial charge in [-0.05, 0) is 12.7 Å². The minimum absolute atomic E-state index is 0.222. The lowest BCUT2D eigenvalue weighted by Crippen LogP contribution is -1.99. The summed E-state index contributed by atoms with van der Waals surface area (Å²) in [6.07, 6.45) is 3.89. The lowest BCUT2D eigenvalue weighted by atomic mass is 10.4. The maximum Gasteiger partial charge on any atom is 0.132 e. The average Bonchev–Trinajstić information content (AvgIpc) is 1.72. The maximum absolute atomic E-state index is 9.95. The van der Waals surface area contributed by atoms with Crippen LogP contribution in [0.4, 0.5) is 0 Å². The van der Waals surface area contributed by atoms with E-state index in [-0.39, 0.29) is 5.25 Å². The summed E-state index contributed by atoms with van der Waals surface area (Å²) in [5.74, 6) is 0. The molecule has 0 aliphatic rings. The van der Waals surface area contributed by atoms with Crippen LogP contribution >= 0.6 is 11.8 Å². The number of aldehydes is 1. The second-order valence-electron chi connectivity index (χ2n) is 1.32. The van der Waals surface area contributed by atoms with Gasteiger partial charge in [0.1, 0.15) is 6.29 Å². The molecule has 0 aliphatic carbocycles. The first-order chi connectivity index (χ1) is 3.35. The Morgan fingerprint density at radius 2 is 2.43 bits per heavy atom. The SMILES string of the molecule is CCC(C=O)SC. The van der Waals surface area contributed by atoms with Crippen LogP contribution in [0, 0.1) is 0 Å². The van der Waals surface area contributed by atoms with Gasteiger partial charge in [-0.3, -0.25) is 0 Å². The van der Waals surface area contributed by atoms with Crippen LogP contribution in [0.2, 0.25) is 0 Å². The molecular formula is C5H10OS. The number of carbonyl (C=O) groups excluding carboxylic acids is 1. The van der Waals surface area contributed by atoms with Gasteiger partial charge in [0.25, 0.3) is 0 Å². The number of thioether (sulfide) groups is 1. The first kappa shape index (κ1) is 7.02. The summed E-state index contributed by atoms with van der Waals surface area (Å²) in [5, 5.41) is 0.222. The third-order valence-electron chi connectivity index (χ3n) is 0.857. The molecule has 0 aromatic heterocycles. The third-order valence-corrected chi connectivity index (χ3v) is 1.91. The van der Waals surface area contributed by atoms with Gasteiger partial charge in [0.2, 0.25) is 0 Å². The second kappa shape index (κ2) is 4.19. The molecule has 0 saturated heterocycles. The quantitative estimate of drug-likeness (QED) is 0.520. The summed E-state index contributed by atoms with van der Waals surface area (Å²) >= 11 is 1.60. The van der Waals surface area contributed by atoms with Crippen LogP contribution < -0.4 is 0 Å². The van der Waals surface area contributed by atoms with Gasteiger partial charge in [0, 0.05) is 0 Å². The van der Waals surface area contributed by atoms with Crippen LogP contribution in [0.3, 0.4) is 0 Å². The standard InChI is InChI=1S/C5H10OS/c1-3-5(4-6)7-2/h4-5H,3H2,1-2H3. The highest BCUT2D eigenvalue weighted by atomic mass is 32.2. The molecule has 0 bridgehead atoms. The van der Waals surface area contributed by atoms with Gasteiger partial charge in [-0.1, -0.05) is 6.92 Å². The molecule has 0 saturated carbocycles. The van der Waals surface area contributed by atoms with Crippen LogP contribution in [0.25, 0.3) is 0 Å². The fourth-order valence-corrected chi connectivity index (χ4v) is 0.763. The summed E-state index contributed by atoms with van der Waals surface area (Å²) < 4.78 is 0. The predicted octanol–water partition coefficient (Wildman–Crippen LogP) is 1.33. The molecule has 0 spiro atoms. The van der Waals surface area contributed by atoms with E-state index in [4.69, 9.17) is 0 Å². The molecule has 42 valence electrons. The van der Waals surface area contributed by atoms with Gasteiger partial charge >= 0.3 is 0 Å². The van der Waals surface area contributed by atoms with Gasteiger partial charge in [0.15, 0.2) is 0 Å². The van der Waals surface area contributed by atoms with E-state index in [9.17, 15) is 4.79 Å². The van der Waals surface area contributed by atoms with E-state index in [1.165, 1.54) is 0 Å². The Hall–Kier alpha value is 0.0200.